The molecule has 0 spiro atoms. The topological polar surface area (TPSA) is 79.5 Å². The Morgan fingerprint density at radius 3 is 2.27 bits per heavy atom. The van der Waals surface area contributed by atoms with E-state index in [1.807, 2.05) is 18.2 Å². The highest BCUT2D eigenvalue weighted by atomic mass is 16.5. The van der Waals surface area contributed by atoms with Gasteiger partial charge in [-0.2, -0.15) is 0 Å². The molecule has 114 valence electrons. The van der Waals surface area contributed by atoms with E-state index in [4.69, 9.17) is 4.74 Å². The largest absolute Gasteiger partial charge is 0.496 e. The van der Waals surface area contributed by atoms with Crippen molar-refractivity contribution >= 4 is 23.3 Å². The number of rotatable bonds is 4. The number of hydrogen-bond donors (Lipinski definition) is 3. The first kappa shape index (κ1) is 15.4. The van der Waals surface area contributed by atoms with Gasteiger partial charge in [-0.1, -0.05) is 18.2 Å². The zero-order chi connectivity index (χ0) is 15.9. The smallest absolute Gasteiger partial charge is 0.323 e. The van der Waals surface area contributed by atoms with Crippen LogP contribution in [-0.4, -0.2) is 26.1 Å². The van der Waals surface area contributed by atoms with Gasteiger partial charge in [-0.3, -0.25) is 4.79 Å². The van der Waals surface area contributed by atoms with E-state index >= 15 is 0 Å². The highest BCUT2D eigenvalue weighted by Gasteiger charge is 2.12. The monoisotopic (exact) mass is 299 g/mol. The van der Waals surface area contributed by atoms with Gasteiger partial charge < -0.3 is 20.7 Å². The first-order valence-electron chi connectivity index (χ1n) is 6.67. The van der Waals surface area contributed by atoms with Crippen molar-refractivity contribution < 1.29 is 14.3 Å². The minimum absolute atomic E-state index is 0.253. The van der Waals surface area contributed by atoms with Crippen LogP contribution in [0.1, 0.15) is 10.4 Å². The van der Waals surface area contributed by atoms with Crippen LogP contribution in [0.3, 0.4) is 0 Å². The third kappa shape index (κ3) is 3.76. The summed E-state index contributed by atoms with van der Waals surface area (Å²) in [6.45, 7) is 0. The van der Waals surface area contributed by atoms with Gasteiger partial charge in [-0.05, 0) is 24.3 Å². The molecule has 0 radical (unpaired) electrons. The average molecular weight is 299 g/mol. The molecule has 0 saturated heterocycles. The summed E-state index contributed by atoms with van der Waals surface area (Å²) < 4.78 is 5.18. The number of nitrogens with one attached hydrogen (secondary N) is 3. The van der Waals surface area contributed by atoms with E-state index in [0.717, 1.165) is 0 Å². The van der Waals surface area contributed by atoms with E-state index in [1.54, 1.807) is 37.4 Å². The van der Waals surface area contributed by atoms with Crippen molar-refractivity contribution in [1.29, 1.82) is 0 Å². The van der Waals surface area contributed by atoms with Gasteiger partial charge in [0.15, 0.2) is 0 Å². The summed E-state index contributed by atoms with van der Waals surface area (Å²) in [5, 5.41) is 7.92. The quantitative estimate of drug-likeness (QED) is 0.812. The molecule has 3 amide bonds. The Labute approximate surface area is 128 Å². The normalized spacial score (nSPS) is 9.73. The van der Waals surface area contributed by atoms with Gasteiger partial charge in [0.1, 0.15) is 5.75 Å². The van der Waals surface area contributed by atoms with Crippen LogP contribution in [0.25, 0.3) is 0 Å². The summed E-state index contributed by atoms with van der Waals surface area (Å²) >= 11 is 0. The van der Waals surface area contributed by atoms with Gasteiger partial charge in [-0.15, -0.1) is 0 Å². The van der Waals surface area contributed by atoms with Crippen molar-refractivity contribution in [3.8, 4) is 5.75 Å². The lowest BCUT2D eigenvalue weighted by Crippen LogP contribution is -2.20. The lowest BCUT2D eigenvalue weighted by molar-refractivity contribution is 0.0960. The first-order valence-corrected chi connectivity index (χ1v) is 6.67. The Balaban J connectivity index is 2.10. The third-order valence-corrected chi connectivity index (χ3v) is 2.96. The van der Waals surface area contributed by atoms with Crippen molar-refractivity contribution in [1.82, 2.24) is 5.32 Å². The first-order chi connectivity index (χ1) is 10.6. The lowest BCUT2D eigenvalue weighted by atomic mass is 10.1. The molecule has 0 saturated carbocycles. The van der Waals surface area contributed by atoms with Crippen LogP contribution in [0.2, 0.25) is 0 Å². The van der Waals surface area contributed by atoms with Crippen molar-refractivity contribution in [2.24, 2.45) is 0 Å². The maximum absolute atomic E-state index is 11.9. The van der Waals surface area contributed by atoms with Gasteiger partial charge in [0.25, 0.3) is 5.91 Å². The SMILES string of the molecule is CNC(=O)c1ccc(NC(=O)Nc2ccccc2)cc1OC. The number of benzene rings is 2. The van der Waals surface area contributed by atoms with Crippen LogP contribution < -0.4 is 20.7 Å². The predicted molar refractivity (Wildman–Crippen MR) is 85.5 cm³/mol. The minimum atomic E-state index is -0.374. The fourth-order valence-electron chi connectivity index (χ4n) is 1.91. The molecule has 0 unspecified atom stereocenters. The summed E-state index contributed by atoms with van der Waals surface area (Å²) in [4.78, 5) is 23.6. The highest BCUT2D eigenvalue weighted by Crippen LogP contribution is 2.23. The number of carbonyl (C=O) groups excluding carboxylic acids is 2. The molecule has 3 N–H and O–H groups in total. The fourth-order valence-corrected chi connectivity index (χ4v) is 1.91. The van der Waals surface area contributed by atoms with Gasteiger partial charge in [0.2, 0.25) is 0 Å². The summed E-state index contributed by atoms with van der Waals surface area (Å²) in [7, 11) is 3.01. The molecule has 2 aromatic rings. The molecular weight excluding hydrogens is 282 g/mol. The maximum Gasteiger partial charge on any atom is 0.323 e. The molecule has 0 fully saturated rings. The second-order valence-electron chi connectivity index (χ2n) is 4.44. The molecule has 0 bridgehead atoms. The third-order valence-electron chi connectivity index (χ3n) is 2.96. The van der Waals surface area contributed by atoms with E-state index in [2.05, 4.69) is 16.0 Å². The second-order valence-corrected chi connectivity index (χ2v) is 4.44. The standard InChI is InChI=1S/C16H17N3O3/c1-17-15(20)13-9-8-12(10-14(13)22-2)19-16(21)18-11-6-4-3-5-7-11/h3-10H,1-2H3,(H,17,20)(H2,18,19,21). The number of methoxy groups -OCH3 is 1. The molecule has 2 aromatic carbocycles. The minimum Gasteiger partial charge on any atom is -0.496 e. The van der Waals surface area contributed by atoms with Gasteiger partial charge >= 0.3 is 6.03 Å². The number of hydrogen-bond acceptors (Lipinski definition) is 3. The van der Waals surface area contributed by atoms with Crippen LogP contribution in [0, 0.1) is 0 Å². The van der Waals surface area contributed by atoms with Crippen LogP contribution in [-0.2, 0) is 0 Å². The molecule has 0 aromatic heterocycles. The van der Waals surface area contributed by atoms with E-state index in [1.165, 1.54) is 7.11 Å². The number of carbonyl (C=O) groups is 2. The van der Waals surface area contributed by atoms with E-state index in [0.29, 0.717) is 22.7 Å². The Morgan fingerprint density at radius 2 is 1.64 bits per heavy atom. The summed E-state index contributed by atoms with van der Waals surface area (Å²) in [5.74, 6) is 0.133. The fraction of sp³-hybridized carbons (Fsp3) is 0.125. The zero-order valence-electron chi connectivity index (χ0n) is 12.3. The van der Waals surface area contributed by atoms with E-state index in [9.17, 15) is 9.59 Å². The maximum atomic E-state index is 11.9. The molecule has 6 nitrogen and oxygen atoms in total. The molecule has 0 heterocycles. The van der Waals surface area contributed by atoms with Gasteiger partial charge in [-0.25, -0.2) is 4.79 Å². The number of amides is 3. The molecule has 22 heavy (non-hydrogen) atoms. The summed E-state index contributed by atoms with van der Waals surface area (Å²) in [5.41, 5.74) is 1.62. The molecular formula is C16H17N3O3. The second kappa shape index (κ2) is 7.12. The molecule has 0 aliphatic rings. The number of urea groups is 1. The van der Waals surface area contributed by atoms with Gasteiger partial charge in [0, 0.05) is 24.5 Å². The zero-order valence-corrected chi connectivity index (χ0v) is 12.3. The van der Waals surface area contributed by atoms with E-state index < -0.39 is 0 Å². The summed E-state index contributed by atoms with van der Waals surface area (Å²) in [6.07, 6.45) is 0. The predicted octanol–water partition coefficient (Wildman–Crippen LogP) is 2.70. The van der Waals surface area contributed by atoms with Crippen LogP contribution >= 0.6 is 0 Å². The lowest BCUT2D eigenvalue weighted by Gasteiger charge is -2.11. The van der Waals surface area contributed by atoms with Gasteiger partial charge in [0.05, 0.1) is 12.7 Å². The Kier molecular flexibility index (Phi) is 4.98. The van der Waals surface area contributed by atoms with Crippen molar-refractivity contribution in [2.75, 3.05) is 24.8 Å². The highest BCUT2D eigenvalue weighted by molar-refractivity contribution is 6.01. The van der Waals surface area contributed by atoms with E-state index in [-0.39, 0.29) is 11.9 Å². The van der Waals surface area contributed by atoms with Crippen molar-refractivity contribution in [3.63, 3.8) is 0 Å². The molecule has 0 aliphatic carbocycles. The average Bonchev–Trinajstić information content (AvgIpc) is 2.54. The van der Waals surface area contributed by atoms with Crippen LogP contribution in [0.5, 0.6) is 5.75 Å². The Bertz CT molecular complexity index is 672. The molecule has 0 aliphatic heterocycles. The Hall–Kier alpha value is -3.02. The molecule has 2 rings (SSSR count). The molecule has 6 heteroatoms. The Morgan fingerprint density at radius 1 is 0.955 bits per heavy atom. The number of ether oxygens (including phenoxy) is 1. The van der Waals surface area contributed by atoms with Crippen LogP contribution in [0.15, 0.2) is 48.5 Å². The van der Waals surface area contributed by atoms with Crippen LogP contribution in [0.4, 0.5) is 16.2 Å². The van der Waals surface area contributed by atoms with Crippen molar-refractivity contribution in [3.05, 3.63) is 54.1 Å². The summed E-state index contributed by atoms with van der Waals surface area (Å²) in [6, 6.07) is 13.5. The molecule has 0 atom stereocenters. The van der Waals surface area contributed by atoms with Crippen molar-refractivity contribution in [2.45, 2.75) is 0 Å². The number of anilines is 2. The number of para-hydroxylation sites is 1.